The smallest absolute Gasteiger partial charge is 0.269 e. The summed E-state index contributed by atoms with van der Waals surface area (Å²) in [4.78, 5) is 17.6. The van der Waals surface area contributed by atoms with Crippen LogP contribution < -0.4 is 5.48 Å². The van der Waals surface area contributed by atoms with E-state index in [1.807, 2.05) is 44.2 Å². The molecule has 100 valence electrons. The first-order chi connectivity index (χ1) is 9.18. The van der Waals surface area contributed by atoms with E-state index in [1.54, 1.807) is 0 Å². The molecule has 2 rings (SSSR count). The largest absolute Gasteiger partial charge is 0.288 e. The van der Waals surface area contributed by atoms with Gasteiger partial charge in [0.15, 0.2) is 0 Å². The van der Waals surface area contributed by atoms with Gasteiger partial charge in [-0.05, 0) is 23.0 Å². The Morgan fingerprint density at radius 1 is 1.37 bits per heavy atom. The van der Waals surface area contributed by atoms with Crippen molar-refractivity contribution in [2.45, 2.75) is 26.4 Å². The molecular formula is C13H15N3O2S. The van der Waals surface area contributed by atoms with Crippen molar-refractivity contribution in [1.82, 2.24) is 15.1 Å². The first-order valence-corrected chi connectivity index (χ1v) is 6.74. The molecule has 0 saturated heterocycles. The zero-order valence-corrected chi connectivity index (χ0v) is 11.6. The molecular weight excluding hydrogens is 262 g/mol. The Balaban J connectivity index is 1.89. The van der Waals surface area contributed by atoms with Crippen LogP contribution in [0.15, 0.2) is 30.3 Å². The van der Waals surface area contributed by atoms with Crippen molar-refractivity contribution in [1.29, 1.82) is 0 Å². The fraction of sp³-hybridized carbons (Fsp3) is 0.308. The molecule has 6 heteroatoms. The van der Waals surface area contributed by atoms with Crippen LogP contribution in [-0.2, 0) is 11.4 Å². The maximum absolute atomic E-state index is 11.9. The predicted octanol–water partition coefficient (Wildman–Crippen LogP) is 2.52. The quantitative estimate of drug-likeness (QED) is 0.853. The molecule has 0 aliphatic heterocycles. The van der Waals surface area contributed by atoms with Crippen LogP contribution in [-0.4, -0.2) is 15.5 Å². The number of nitrogens with zero attached hydrogens (tertiary/aromatic N) is 2. The van der Waals surface area contributed by atoms with Gasteiger partial charge in [0.2, 0.25) is 0 Å². The highest BCUT2D eigenvalue weighted by Crippen LogP contribution is 2.19. The van der Waals surface area contributed by atoms with E-state index >= 15 is 0 Å². The Kier molecular flexibility index (Phi) is 4.59. The highest BCUT2D eigenvalue weighted by Gasteiger charge is 2.18. The summed E-state index contributed by atoms with van der Waals surface area (Å²) >= 11 is 1.08. The van der Waals surface area contributed by atoms with Gasteiger partial charge in [0.1, 0.15) is 4.88 Å². The van der Waals surface area contributed by atoms with E-state index in [4.69, 9.17) is 4.84 Å². The van der Waals surface area contributed by atoms with Crippen molar-refractivity contribution < 1.29 is 9.63 Å². The van der Waals surface area contributed by atoms with Crippen LogP contribution in [0.1, 0.15) is 40.7 Å². The Morgan fingerprint density at radius 3 is 2.79 bits per heavy atom. The van der Waals surface area contributed by atoms with Gasteiger partial charge in [-0.1, -0.05) is 48.7 Å². The molecule has 0 radical (unpaired) electrons. The molecule has 0 unspecified atom stereocenters. The SMILES string of the molecule is CC(C)c1nnsc1C(=O)NOCc1ccccc1. The average Bonchev–Trinajstić information content (AvgIpc) is 2.89. The van der Waals surface area contributed by atoms with Crippen molar-refractivity contribution in [2.75, 3.05) is 0 Å². The minimum atomic E-state index is -0.297. The highest BCUT2D eigenvalue weighted by molar-refractivity contribution is 7.08. The lowest BCUT2D eigenvalue weighted by atomic mass is 10.1. The summed E-state index contributed by atoms with van der Waals surface area (Å²) < 4.78 is 3.81. The molecule has 0 bridgehead atoms. The van der Waals surface area contributed by atoms with E-state index in [2.05, 4.69) is 15.1 Å². The van der Waals surface area contributed by atoms with Crippen molar-refractivity contribution in [3.63, 3.8) is 0 Å². The van der Waals surface area contributed by atoms with Crippen LogP contribution in [0, 0.1) is 0 Å². The lowest BCUT2D eigenvalue weighted by Gasteiger charge is -2.06. The second kappa shape index (κ2) is 6.40. The summed E-state index contributed by atoms with van der Waals surface area (Å²) in [5.74, 6) is -0.136. The monoisotopic (exact) mass is 277 g/mol. The summed E-state index contributed by atoms with van der Waals surface area (Å²) in [5.41, 5.74) is 4.11. The summed E-state index contributed by atoms with van der Waals surface area (Å²) in [6, 6.07) is 9.63. The van der Waals surface area contributed by atoms with E-state index < -0.39 is 0 Å². The molecule has 1 heterocycles. The Labute approximate surface area is 115 Å². The number of carbonyl (C=O) groups excluding carboxylic acids is 1. The van der Waals surface area contributed by atoms with Gasteiger partial charge in [-0.25, -0.2) is 5.48 Å². The summed E-state index contributed by atoms with van der Waals surface area (Å²) in [6.45, 7) is 4.27. The normalized spacial score (nSPS) is 10.7. The number of hydrogen-bond donors (Lipinski definition) is 1. The Morgan fingerprint density at radius 2 is 2.11 bits per heavy atom. The number of rotatable bonds is 5. The third kappa shape index (κ3) is 3.59. The molecule has 2 aromatic rings. The number of hydroxylamine groups is 1. The first kappa shape index (κ1) is 13.6. The number of nitrogens with one attached hydrogen (secondary N) is 1. The van der Waals surface area contributed by atoms with Crippen molar-refractivity contribution >= 4 is 17.4 Å². The topological polar surface area (TPSA) is 64.1 Å². The Bertz CT molecular complexity index is 540. The lowest BCUT2D eigenvalue weighted by Crippen LogP contribution is -2.23. The zero-order chi connectivity index (χ0) is 13.7. The number of hydrogen-bond acceptors (Lipinski definition) is 5. The molecule has 0 saturated carbocycles. The molecule has 1 N–H and O–H groups in total. The van der Waals surface area contributed by atoms with Crippen molar-refractivity contribution in [3.8, 4) is 0 Å². The van der Waals surface area contributed by atoms with Crippen LogP contribution in [0.5, 0.6) is 0 Å². The standard InChI is InChI=1S/C13H15N3O2S/c1-9(2)11-12(19-16-14-11)13(17)15-18-8-10-6-4-3-5-7-10/h3-7,9H,8H2,1-2H3,(H,15,17). The summed E-state index contributed by atoms with van der Waals surface area (Å²) in [6.07, 6.45) is 0. The second-order valence-electron chi connectivity index (χ2n) is 4.35. The number of amides is 1. The molecule has 0 atom stereocenters. The molecule has 0 aliphatic rings. The van der Waals surface area contributed by atoms with E-state index in [-0.39, 0.29) is 11.8 Å². The van der Waals surface area contributed by atoms with Gasteiger partial charge < -0.3 is 0 Å². The molecule has 0 aliphatic carbocycles. The number of benzene rings is 1. The van der Waals surface area contributed by atoms with E-state index in [9.17, 15) is 4.79 Å². The predicted molar refractivity (Wildman–Crippen MR) is 72.7 cm³/mol. The first-order valence-electron chi connectivity index (χ1n) is 5.96. The molecule has 1 aromatic heterocycles. The third-order valence-electron chi connectivity index (χ3n) is 2.51. The molecule has 0 fully saturated rings. The maximum Gasteiger partial charge on any atom is 0.288 e. The van der Waals surface area contributed by atoms with Crippen LogP contribution >= 0.6 is 11.5 Å². The van der Waals surface area contributed by atoms with Gasteiger partial charge >= 0.3 is 0 Å². The molecule has 1 aromatic carbocycles. The van der Waals surface area contributed by atoms with Gasteiger partial charge in [0, 0.05) is 0 Å². The number of aromatic nitrogens is 2. The van der Waals surface area contributed by atoms with Crippen LogP contribution in [0.4, 0.5) is 0 Å². The highest BCUT2D eigenvalue weighted by atomic mass is 32.1. The van der Waals surface area contributed by atoms with Gasteiger partial charge in [0.25, 0.3) is 5.91 Å². The van der Waals surface area contributed by atoms with Crippen LogP contribution in [0.25, 0.3) is 0 Å². The molecule has 5 nitrogen and oxygen atoms in total. The third-order valence-corrected chi connectivity index (χ3v) is 3.25. The minimum absolute atomic E-state index is 0.161. The van der Waals surface area contributed by atoms with E-state index in [1.165, 1.54) is 0 Å². The average molecular weight is 277 g/mol. The summed E-state index contributed by atoms with van der Waals surface area (Å²) in [7, 11) is 0. The molecule has 19 heavy (non-hydrogen) atoms. The van der Waals surface area contributed by atoms with Gasteiger partial charge in [-0.15, -0.1) is 5.10 Å². The fourth-order valence-electron chi connectivity index (χ4n) is 1.54. The van der Waals surface area contributed by atoms with Crippen molar-refractivity contribution in [2.24, 2.45) is 0 Å². The van der Waals surface area contributed by atoms with Gasteiger partial charge in [-0.2, -0.15) is 0 Å². The van der Waals surface area contributed by atoms with Crippen LogP contribution in [0.2, 0.25) is 0 Å². The van der Waals surface area contributed by atoms with E-state index in [0.717, 1.165) is 17.1 Å². The van der Waals surface area contributed by atoms with Gasteiger partial charge in [-0.3, -0.25) is 9.63 Å². The van der Waals surface area contributed by atoms with Gasteiger partial charge in [0.05, 0.1) is 12.3 Å². The molecule has 1 amide bonds. The molecule has 0 spiro atoms. The van der Waals surface area contributed by atoms with Crippen LogP contribution in [0.3, 0.4) is 0 Å². The van der Waals surface area contributed by atoms with Crippen molar-refractivity contribution in [3.05, 3.63) is 46.5 Å². The summed E-state index contributed by atoms with van der Waals surface area (Å²) in [5, 5.41) is 3.96. The second-order valence-corrected chi connectivity index (χ2v) is 5.10. The fourth-order valence-corrected chi connectivity index (χ4v) is 2.24. The van der Waals surface area contributed by atoms with E-state index in [0.29, 0.717) is 17.2 Å². The Hall–Kier alpha value is -1.79. The minimum Gasteiger partial charge on any atom is -0.269 e. The maximum atomic E-state index is 11.9. The zero-order valence-electron chi connectivity index (χ0n) is 10.8. The lowest BCUT2D eigenvalue weighted by molar-refractivity contribution is 0.0236. The number of carbonyl (C=O) groups is 1.